The number of aromatic nitrogens is 1. The zero-order chi connectivity index (χ0) is 22.2. The summed E-state index contributed by atoms with van der Waals surface area (Å²) in [6.07, 6.45) is 0.0743. The fourth-order valence-electron chi connectivity index (χ4n) is 4.29. The Morgan fingerprint density at radius 1 is 0.844 bits per heavy atom. The van der Waals surface area contributed by atoms with E-state index in [9.17, 15) is 9.90 Å². The molecule has 0 saturated carbocycles. The third-order valence-electron chi connectivity index (χ3n) is 5.58. The van der Waals surface area contributed by atoms with Crippen molar-refractivity contribution in [1.82, 2.24) is 4.57 Å². The molecule has 0 unspecified atom stereocenters. The van der Waals surface area contributed by atoms with E-state index in [4.69, 9.17) is 4.74 Å². The van der Waals surface area contributed by atoms with Gasteiger partial charge in [-0.15, -0.1) is 0 Å². The molecule has 0 amide bonds. The maximum Gasteiger partial charge on any atom is 0.353 e. The summed E-state index contributed by atoms with van der Waals surface area (Å²) in [7, 11) is 0. The average Bonchev–Trinajstić information content (AvgIpc) is 3.14. The van der Waals surface area contributed by atoms with Crippen LogP contribution in [0.4, 0.5) is 0 Å². The highest BCUT2D eigenvalue weighted by atomic mass is 16.5. The molecular formula is C28H23NO3. The van der Waals surface area contributed by atoms with Gasteiger partial charge in [0.05, 0.1) is 11.6 Å². The van der Waals surface area contributed by atoms with Crippen LogP contribution in [0.5, 0.6) is 5.75 Å². The number of carboxylic acids is 1. The standard InChI is InChI=1S/C28H23NO3/c1-18(2)32-23-15-12-20(13-16-23)26-24-9-5-6-10-25(24)29(27(26)28(30)31)22-14-11-19-7-3-4-8-21(19)17-22/h3-18H,1-2H3,(H,30,31). The summed E-state index contributed by atoms with van der Waals surface area (Å²) < 4.78 is 7.61. The minimum absolute atomic E-state index is 0.0743. The summed E-state index contributed by atoms with van der Waals surface area (Å²) in [5.74, 6) is -0.203. The van der Waals surface area contributed by atoms with Crippen molar-refractivity contribution >= 4 is 27.6 Å². The van der Waals surface area contributed by atoms with E-state index in [0.29, 0.717) is 5.56 Å². The first-order valence-electron chi connectivity index (χ1n) is 10.7. The van der Waals surface area contributed by atoms with E-state index in [2.05, 4.69) is 6.07 Å². The van der Waals surface area contributed by atoms with Crippen LogP contribution in [0.3, 0.4) is 0 Å². The topological polar surface area (TPSA) is 51.5 Å². The predicted molar refractivity (Wildman–Crippen MR) is 129 cm³/mol. The van der Waals surface area contributed by atoms with Crippen molar-refractivity contribution < 1.29 is 14.6 Å². The van der Waals surface area contributed by atoms with Gasteiger partial charge in [-0.05, 0) is 60.5 Å². The fourth-order valence-corrected chi connectivity index (χ4v) is 4.29. The van der Waals surface area contributed by atoms with Gasteiger partial charge in [0.25, 0.3) is 0 Å². The summed E-state index contributed by atoms with van der Waals surface area (Å²) >= 11 is 0. The Bertz CT molecular complexity index is 1450. The Hall–Kier alpha value is -4.05. The van der Waals surface area contributed by atoms with Crippen molar-refractivity contribution in [2.45, 2.75) is 20.0 Å². The summed E-state index contributed by atoms with van der Waals surface area (Å²) in [5, 5.41) is 13.4. The molecule has 4 nitrogen and oxygen atoms in total. The quantitative estimate of drug-likeness (QED) is 0.334. The molecule has 1 aromatic heterocycles. The fraction of sp³-hybridized carbons (Fsp3) is 0.107. The van der Waals surface area contributed by atoms with Crippen molar-refractivity contribution in [2.24, 2.45) is 0 Å². The summed E-state index contributed by atoms with van der Waals surface area (Å²) in [5.41, 5.74) is 3.48. The number of carboxylic acid groups (broad SMARTS) is 1. The van der Waals surface area contributed by atoms with Crippen LogP contribution in [0, 0.1) is 0 Å². The minimum atomic E-state index is -0.966. The second-order valence-electron chi connectivity index (χ2n) is 8.10. The van der Waals surface area contributed by atoms with Gasteiger partial charge in [-0.2, -0.15) is 0 Å². The lowest BCUT2D eigenvalue weighted by Gasteiger charge is -2.12. The van der Waals surface area contributed by atoms with Crippen molar-refractivity contribution in [1.29, 1.82) is 0 Å². The third-order valence-corrected chi connectivity index (χ3v) is 5.58. The van der Waals surface area contributed by atoms with Crippen molar-refractivity contribution in [2.75, 3.05) is 0 Å². The molecule has 1 heterocycles. The van der Waals surface area contributed by atoms with Crippen LogP contribution >= 0.6 is 0 Å². The van der Waals surface area contributed by atoms with Crippen LogP contribution in [0.2, 0.25) is 0 Å². The molecular weight excluding hydrogens is 398 g/mol. The molecule has 1 N–H and O–H groups in total. The Balaban J connectivity index is 1.77. The van der Waals surface area contributed by atoms with E-state index in [1.165, 1.54) is 0 Å². The third kappa shape index (κ3) is 3.40. The second-order valence-corrected chi connectivity index (χ2v) is 8.10. The summed E-state index contributed by atoms with van der Waals surface area (Å²) in [6.45, 7) is 3.96. The Labute approximate surface area is 186 Å². The number of hydrogen-bond acceptors (Lipinski definition) is 2. The number of hydrogen-bond donors (Lipinski definition) is 1. The van der Waals surface area contributed by atoms with E-state index in [1.807, 2.05) is 103 Å². The average molecular weight is 421 g/mol. The Morgan fingerprint density at radius 3 is 2.25 bits per heavy atom. The first-order chi connectivity index (χ1) is 15.5. The molecule has 0 aliphatic carbocycles. The molecule has 0 fully saturated rings. The number of nitrogens with zero attached hydrogens (tertiary/aromatic N) is 1. The molecule has 4 heteroatoms. The van der Waals surface area contributed by atoms with Crippen LogP contribution in [0.1, 0.15) is 24.3 Å². The first kappa shape index (κ1) is 19.9. The number of carbonyl (C=O) groups is 1. The number of aromatic carboxylic acids is 1. The lowest BCUT2D eigenvalue weighted by Crippen LogP contribution is -2.08. The Morgan fingerprint density at radius 2 is 1.53 bits per heavy atom. The number of ether oxygens (including phenoxy) is 1. The zero-order valence-electron chi connectivity index (χ0n) is 17.9. The molecule has 5 rings (SSSR count). The lowest BCUT2D eigenvalue weighted by molar-refractivity contribution is 0.0689. The Kier molecular flexibility index (Phi) is 4.91. The molecule has 0 spiro atoms. The molecule has 0 saturated heterocycles. The molecule has 0 radical (unpaired) electrons. The van der Waals surface area contributed by atoms with Gasteiger partial charge >= 0.3 is 5.97 Å². The number of fused-ring (bicyclic) bond motifs is 2. The molecule has 0 atom stereocenters. The molecule has 0 bridgehead atoms. The summed E-state index contributed by atoms with van der Waals surface area (Å²) in [4.78, 5) is 12.6. The molecule has 0 aliphatic heterocycles. The normalized spacial score (nSPS) is 11.3. The van der Waals surface area contributed by atoms with Gasteiger partial charge < -0.3 is 14.4 Å². The van der Waals surface area contributed by atoms with Crippen LogP contribution in [0.15, 0.2) is 91.0 Å². The van der Waals surface area contributed by atoms with E-state index < -0.39 is 5.97 Å². The maximum atomic E-state index is 12.6. The largest absolute Gasteiger partial charge is 0.491 e. The van der Waals surface area contributed by atoms with Gasteiger partial charge in [0, 0.05) is 16.6 Å². The van der Waals surface area contributed by atoms with Crippen molar-refractivity contribution in [3.63, 3.8) is 0 Å². The molecule has 32 heavy (non-hydrogen) atoms. The van der Waals surface area contributed by atoms with Gasteiger partial charge in [-0.3, -0.25) is 0 Å². The first-order valence-corrected chi connectivity index (χ1v) is 10.7. The summed E-state index contributed by atoms with van der Waals surface area (Å²) in [6, 6.07) is 29.6. The van der Waals surface area contributed by atoms with Crippen LogP contribution in [0.25, 0.3) is 38.5 Å². The smallest absolute Gasteiger partial charge is 0.353 e. The van der Waals surface area contributed by atoms with E-state index in [-0.39, 0.29) is 11.8 Å². The predicted octanol–water partition coefficient (Wildman–Crippen LogP) is 6.94. The molecule has 0 aliphatic rings. The van der Waals surface area contributed by atoms with Gasteiger partial charge in [-0.1, -0.05) is 60.7 Å². The van der Waals surface area contributed by atoms with Gasteiger partial charge in [0.15, 0.2) is 0 Å². The van der Waals surface area contributed by atoms with E-state index >= 15 is 0 Å². The number of para-hydroxylation sites is 1. The highest BCUT2D eigenvalue weighted by molar-refractivity contribution is 6.09. The van der Waals surface area contributed by atoms with E-state index in [0.717, 1.165) is 38.7 Å². The maximum absolute atomic E-state index is 12.6. The van der Waals surface area contributed by atoms with E-state index in [1.54, 1.807) is 0 Å². The minimum Gasteiger partial charge on any atom is -0.491 e. The zero-order valence-corrected chi connectivity index (χ0v) is 17.9. The van der Waals surface area contributed by atoms with Crippen LogP contribution in [-0.2, 0) is 0 Å². The lowest BCUT2D eigenvalue weighted by atomic mass is 10.0. The van der Waals surface area contributed by atoms with Gasteiger partial charge in [-0.25, -0.2) is 4.79 Å². The van der Waals surface area contributed by atoms with Crippen LogP contribution < -0.4 is 4.74 Å². The van der Waals surface area contributed by atoms with Crippen LogP contribution in [-0.4, -0.2) is 21.7 Å². The molecule has 5 aromatic rings. The number of rotatable bonds is 5. The molecule has 158 valence electrons. The van der Waals surface area contributed by atoms with Gasteiger partial charge in [0.1, 0.15) is 11.4 Å². The van der Waals surface area contributed by atoms with Crippen molar-refractivity contribution in [3.8, 4) is 22.6 Å². The SMILES string of the molecule is CC(C)Oc1ccc(-c2c(C(=O)O)n(-c3ccc4ccccc4c3)c3ccccc23)cc1. The molecule has 4 aromatic carbocycles. The second kappa shape index (κ2) is 7.89. The van der Waals surface area contributed by atoms with Crippen molar-refractivity contribution in [3.05, 3.63) is 96.7 Å². The highest BCUT2D eigenvalue weighted by Gasteiger charge is 2.24. The number of benzene rings is 4. The highest BCUT2D eigenvalue weighted by Crippen LogP contribution is 2.38. The van der Waals surface area contributed by atoms with Gasteiger partial charge in [0.2, 0.25) is 0 Å². The monoisotopic (exact) mass is 421 g/mol.